The molecule has 9 heteroatoms. The van der Waals surface area contributed by atoms with Gasteiger partial charge in [0, 0.05) is 35.3 Å². The number of hydrogen-bond acceptors (Lipinski definition) is 5. The highest BCUT2D eigenvalue weighted by Crippen LogP contribution is 2.42. The minimum atomic E-state index is -1.01. The largest absolute Gasteiger partial charge is 0.481 e. The lowest BCUT2D eigenvalue weighted by atomic mass is 9.83. The summed E-state index contributed by atoms with van der Waals surface area (Å²) in [6, 6.07) is 13.4. The summed E-state index contributed by atoms with van der Waals surface area (Å²) in [5, 5.41) is 10.6. The highest BCUT2D eigenvalue weighted by molar-refractivity contribution is 6.37. The van der Waals surface area contributed by atoms with Gasteiger partial charge in [0.25, 0.3) is 5.91 Å². The molecule has 3 heterocycles. The van der Waals surface area contributed by atoms with Crippen LogP contribution in [0.25, 0.3) is 0 Å². The van der Waals surface area contributed by atoms with Crippen LogP contribution in [0, 0.1) is 19.8 Å². The number of amides is 1. The maximum Gasteiger partial charge on any atom is 0.311 e. The van der Waals surface area contributed by atoms with E-state index in [1.54, 1.807) is 11.0 Å². The van der Waals surface area contributed by atoms with Gasteiger partial charge in [-0.3, -0.25) is 9.59 Å². The topological polar surface area (TPSA) is 89.0 Å². The third kappa shape index (κ3) is 5.62. The van der Waals surface area contributed by atoms with Crippen LogP contribution in [0.5, 0.6) is 5.88 Å². The van der Waals surface area contributed by atoms with Gasteiger partial charge in [0.2, 0.25) is 5.88 Å². The van der Waals surface area contributed by atoms with Gasteiger partial charge in [-0.05, 0) is 61.1 Å². The molecule has 1 amide bonds. The lowest BCUT2D eigenvalue weighted by molar-refractivity contribution is -0.140. The molecule has 2 aliphatic rings. The number of pyridine rings is 1. The van der Waals surface area contributed by atoms with E-state index in [0.29, 0.717) is 61.2 Å². The normalized spacial score (nSPS) is 17.7. The average Bonchev–Trinajstić information content (AvgIpc) is 3.43. The Bertz CT molecular complexity index is 1410. The monoisotopic (exact) mass is 568 g/mol. The summed E-state index contributed by atoms with van der Waals surface area (Å²) >= 11 is 13.5. The molecule has 2 unspecified atom stereocenters. The van der Waals surface area contributed by atoms with Crippen molar-refractivity contribution in [2.45, 2.75) is 45.8 Å². The van der Waals surface area contributed by atoms with Gasteiger partial charge in [0.05, 0.1) is 29.7 Å². The number of rotatable bonds is 8. The van der Waals surface area contributed by atoms with E-state index in [1.807, 2.05) is 50.2 Å². The van der Waals surface area contributed by atoms with Gasteiger partial charge in [-0.25, -0.2) is 4.98 Å². The molecule has 1 saturated heterocycles. The van der Waals surface area contributed by atoms with E-state index >= 15 is 0 Å². The van der Waals surface area contributed by atoms with Gasteiger partial charge in [0.1, 0.15) is 6.61 Å². The number of hydrogen-bond donors (Lipinski definition) is 1. The number of aryl methyl sites for hydroxylation is 2. The Morgan fingerprint density at radius 2 is 2.00 bits per heavy atom. The summed E-state index contributed by atoms with van der Waals surface area (Å²) in [7, 11) is 0. The SMILES string of the molecule is Cc1cc(C)c(CN2CCc3c(Cl)cc(C(C(=O)O)C4CCOC4)c(Cl)c3C2=O)c(OCc2ccccc2)n1. The number of ether oxygens (including phenoxy) is 2. The summed E-state index contributed by atoms with van der Waals surface area (Å²) in [4.78, 5) is 32.5. The Morgan fingerprint density at radius 3 is 2.69 bits per heavy atom. The number of aliphatic carboxylic acids is 1. The van der Waals surface area contributed by atoms with Gasteiger partial charge in [-0.1, -0.05) is 53.5 Å². The first-order valence-electron chi connectivity index (χ1n) is 13.0. The molecule has 39 heavy (non-hydrogen) atoms. The quantitative estimate of drug-likeness (QED) is 0.359. The molecule has 1 fully saturated rings. The molecule has 0 saturated carbocycles. The number of halogens is 2. The lowest BCUT2D eigenvalue weighted by Crippen LogP contribution is -2.38. The van der Waals surface area contributed by atoms with Gasteiger partial charge >= 0.3 is 5.97 Å². The Kier molecular flexibility index (Phi) is 8.12. The molecule has 1 aromatic heterocycles. The van der Waals surface area contributed by atoms with Crippen molar-refractivity contribution in [1.29, 1.82) is 0 Å². The molecule has 5 rings (SSSR count). The van der Waals surface area contributed by atoms with E-state index in [1.165, 1.54) is 0 Å². The zero-order valence-corrected chi connectivity index (χ0v) is 23.4. The molecule has 0 bridgehead atoms. The third-order valence-corrected chi connectivity index (χ3v) is 8.26. The van der Waals surface area contributed by atoms with E-state index in [2.05, 4.69) is 4.98 Å². The number of carbonyl (C=O) groups is 2. The molecule has 2 aliphatic heterocycles. The average molecular weight is 569 g/mol. The first kappa shape index (κ1) is 27.4. The standard InChI is InChI=1S/C30H30Cl2N2O5/c1-17-12-18(2)33-28(39-15-19-6-4-3-5-7-19)23(17)14-34-10-8-21-24(31)13-22(27(32)26(21)29(34)35)25(30(36)37)20-9-11-38-16-20/h3-7,12-13,20,25H,8-11,14-16H2,1-2H3,(H,36,37). The second-order valence-electron chi connectivity index (χ2n) is 10.2. The van der Waals surface area contributed by atoms with Crippen LogP contribution in [-0.2, 0) is 29.1 Å². The fourth-order valence-electron chi connectivity index (χ4n) is 5.50. The van der Waals surface area contributed by atoms with Crippen LogP contribution in [0.4, 0.5) is 0 Å². The Morgan fingerprint density at radius 1 is 1.23 bits per heavy atom. The van der Waals surface area contributed by atoms with Crippen LogP contribution in [-0.4, -0.2) is 46.6 Å². The maximum absolute atomic E-state index is 13.9. The summed E-state index contributed by atoms with van der Waals surface area (Å²) in [6.07, 6.45) is 1.11. The van der Waals surface area contributed by atoms with E-state index in [0.717, 1.165) is 22.4 Å². The van der Waals surface area contributed by atoms with Crippen molar-refractivity contribution in [2.24, 2.45) is 5.92 Å². The van der Waals surface area contributed by atoms with E-state index in [9.17, 15) is 14.7 Å². The van der Waals surface area contributed by atoms with Gasteiger partial charge in [-0.2, -0.15) is 0 Å². The third-order valence-electron chi connectivity index (χ3n) is 7.52. The summed E-state index contributed by atoms with van der Waals surface area (Å²) in [5.74, 6) is -1.96. The Hall–Kier alpha value is -3.13. The van der Waals surface area contributed by atoms with E-state index < -0.39 is 11.9 Å². The summed E-state index contributed by atoms with van der Waals surface area (Å²) in [5.41, 5.74) is 4.91. The van der Waals surface area contributed by atoms with Gasteiger partial charge in [0.15, 0.2) is 0 Å². The zero-order valence-electron chi connectivity index (χ0n) is 21.9. The van der Waals surface area contributed by atoms with Crippen LogP contribution in [0.2, 0.25) is 10.0 Å². The first-order chi connectivity index (χ1) is 18.7. The molecular formula is C30H30Cl2N2O5. The van der Waals surface area contributed by atoms with Crippen LogP contribution in [0.15, 0.2) is 42.5 Å². The fourth-order valence-corrected chi connectivity index (χ4v) is 6.17. The highest BCUT2D eigenvalue weighted by atomic mass is 35.5. The Labute approximate surface area is 237 Å². The predicted molar refractivity (Wildman–Crippen MR) is 149 cm³/mol. The molecule has 2 aromatic carbocycles. The molecule has 0 aliphatic carbocycles. The van der Waals surface area contributed by atoms with Crippen molar-refractivity contribution >= 4 is 35.1 Å². The second-order valence-corrected chi connectivity index (χ2v) is 11.0. The highest BCUT2D eigenvalue weighted by Gasteiger charge is 2.38. The van der Waals surface area contributed by atoms with Crippen LogP contribution in [0.3, 0.4) is 0 Å². The van der Waals surface area contributed by atoms with Gasteiger partial charge in [-0.15, -0.1) is 0 Å². The molecule has 2 atom stereocenters. The molecular weight excluding hydrogens is 539 g/mol. The van der Waals surface area contributed by atoms with Crippen LogP contribution in [0.1, 0.15) is 56.2 Å². The number of carboxylic acid groups (broad SMARTS) is 1. The Balaban J connectivity index is 1.46. The van der Waals surface area contributed by atoms with Crippen molar-refractivity contribution < 1.29 is 24.2 Å². The number of carboxylic acids is 1. The van der Waals surface area contributed by atoms with Crippen LogP contribution < -0.4 is 4.74 Å². The van der Waals surface area contributed by atoms with Crippen molar-refractivity contribution in [3.63, 3.8) is 0 Å². The van der Waals surface area contributed by atoms with Crippen molar-refractivity contribution in [3.05, 3.63) is 91.6 Å². The van der Waals surface area contributed by atoms with E-state index in [4.69, 9.17) is 32.7 Å². The first-order valence-corrected chi connectivity index (χ1v) is 13.7. The number of carbonyl (C=O) groups excluding carboxylic acids is 1. The number of nitrogens with zero attached hydrogens (tertiary/aromatic N) is 2. The molecule has 204 valence electrons. The minimum absolute atomic E-state index is 0.155. The summed E-state index contributed by atoms with van der Waals surface area (Å²) < 4.78 is 11.6. The molecule has 0 spiro atoms. The van der Waals surface area contributed by atoms with Crippen molar-refractivity contribution in [3.8, 4) is 5.88 Å². The number of aromatic nitrogens is 1. The number of benzene rings is 2. The molecule has 3 aromatic rings. The maximum atomic E-state index is 13.9. The number of fused-ring (bicyclic) bond motifs is 1. The molecule has 7 nitrogen and oxygen atoms in total. The molecule has 0 radical (unpaired) electrons. The zero-order chi connectivity index (χ0) is 27.7. The van der Waals surface area contributed by atoms with E-state index in [-0.39, 0.29) is 29.0 Å². The van der Waals surface area contributed by atoms with Crippen molar-refractivity contribution in [1.82, 2.24) is 9.88 Å². The van der Waals surface area contributed by atoms with Gasteiger partial charge < -0.3 is 19.5 Å². The fraction of sp³-hybridized carbons (Fsp3) is 0.367. The van der Waals surface area contributed by atoms with Crippen molar-refractivity contribution in [2.75, 3.05) is 19.8 Å². The minimum Gasteiger partial charge on any atom is -0.481 e. The van der Waals surface area contributed by atoms with Crippen LogP contribution >= 0.6 is 23.2 Å². The smallest absolute Gasteiger partial charge is 0.311 e. The summed E-state index contributed by atoms with van der Waals surface area (Å²) in [6.45, 7) is 5.78. The molecule has 1 N–H and O–H groups in total. The predicted octanol–water partition coefficient (Wildman–Crippen LogP) is 5.99. The second kappa shape index (κ2) is 11.5. The lowest BCUT2D eigenvalue weighted by Gasteiger charge is -2.32.